The number of amides is 1. The molecule has 0 unspecified atom stereocenters. The van der Waals surface area contributed by atoms with Crippen LogP contribution in [0.1, 0.15) is 5.89 Å². The van der Waals surface area contributed by atoms with E-state index >= 15 is 0 Å². The van der Waals surface area contributed by atoms with Crippen LogP contribution in [-0.4, -0.2) is 34.6 Å². The number of nitrogens with zero attached hydrogens (tertiary/aromatic N) is 3. The maximum atomic E-state index is 12.2. The Bertz CT molecular complexity index is 900. The Kier molecular flexibility index (Phi) is 5.75. The highest BCUT2D eigenvalue weighted by molar-refractivity contribution is 6.35. The molecule has 1 aromatic heterocycles. The van der Waals surface area contributed by atoms with Crippen molar-refractivity contribution in [3.63, 3.8) is 0 Å². The molecule has 3 aromatic rings. The van der Waals surface area contributed by atoms with Gasteiger partial charge in [0.05, 0.1) is 11.6 Å². The molecule has 0 aliphatic carbocycles. The third-order valence-electron chi connectivity index (χ3n) is 3.54. The van der Waals surface area contributed by atoms with Gasteiger partial charge in [0.2, 0.25) is 11.7 Å². The van der Waals surface area contributed by atoms with Crippen LogP contribution in [0.25, 0.3) is 11.4 Å². The standard InChI is InChI=1S/C18H15Cl2N3O3/c1-23(17(24)11-25-15-8-7-13(19)9-14(15)20)10-16-21-18(22-26-16)12-5-3-2-4-6-12/h2-9H,10-11H2,1H3. The van der Waals surface area contributed by atoms with E-state index < -0.39 is 0 Å². The molecule has 0 aliphatic rings. The quantitative estimate of drug-likeness (QED) is 0.632. The first kappa shape index (κ1) is 18.2. The minimum Gasteiger partial charge on any atom is -0.482 e. The van der Waals surface area contributed by atoms with Gasteiger partial charge in [0, 0.05) is 17.6 Å². The zero-order chi connectivity index (χ0) is 18.5. The molecule has 8 heteroatoms. The molecule has 0 saturated carbocycles. The lowest BCUT2D eigenvalue weighted by Gasteiger charge is -2.15. The van der Waals surface area contributed by atoms with Crippen LogP contribution in [0.5, 0.6) is 5.75 Å². The highest BCUT2D eigenvalue weighted by Gasteiger charge is 2.16. The Hall–Kier alpha value is -2.57. The highest BCUT2D eigenvalue weighted by Crippen LogP contribution is 2.27. The average Bonchev–Trinajstić information content (AvgIpc) is 3.10. The smallest absolute Gasteiger partial charge is 0.260 e. The Morgan fingerprint density at radius 2 is 1.96 bits per heavy atom. The van der Waals surface area contributed by atoms with E-state index in [0.29, 0.717) is 27.5 Å². The SMILES string of the molecule is CN(Cc1nc(-c2ccccc2)no1)C(=O)COc1ccc(Cl)cc1Cl. The fourth-order valence-electron chi connectivity index (χ4n) is 2.16. The van der Waals surface area contributed by atoms with Crippen molar-refractivity contribution in [3.05, 3.63) is 64.5 Å². The highest BCUT2D eigenvalue weighted by atomic mass is 35.5. The lowest BCUT2D eigenvalue weighted by molar-refractivity contribution is -0.132. The van der Waals surface area contributed by atoms with Gasteiger partial charge in [-0.25, -0.2) is 0 Å². The summed E-state index contributed by atoms with van der Waals surface area (Å²) in [6, 6.07) is 14.3. The lowest BCUT2D eigenvalue weighted by Crippen LogP contribution is -2.31. The second-order valence-corrected chi connectivity index (χ2v) is 6.33. The molecule has 26 heavy (non-hydrogen) atoms. The zero-order valence-electron chi connectivity index (χ0n) is 13.9. The van der Waals surface area contributed by atoms with E-state index in [0.717, 1.165) is 5.56 Å². The summed E-state index contributed by atoms with van der Waals surface area (Å²) in [4.78, 5) is 18.0. The molecule has 3 rings (SSSR count). The fraction of sp³-hybridized carbons (Fsp3) is 0.167. The Labute approximate surface area is 160 Å². The number of aromatic nitrogens is 2. The second kappa shape index (κ2) is 8.21. The summed E-state index contributed by atoms with van der Waals surface area (Å²) in [7, 11) is 1.63. The van der Waals surface area contributed by atoms with Gasteiger partial charge in [-0.15, -0.1) is 0 Å². The van der Waals surface area contributed by atoms with Crippen LogP contribution >= 0.6 is 23.2 Å². The van der Waals surface area contributed by atoms with Gasteiger partial charge in [0.15, 0.2) is 6.61 Å². The van der Waals surface area contributed by atoms with E-state index in [1.807, 2.05) is 30.3 Å². The van der Waals surface area contributed by atoms with Gasteiger partial charge < -0.3 is 14.2 Å². The summed E-state index contributed by atoms with van der Waals surface area (Å²) >= 11 is 11.8. The van der Waals surface area contributed by atoms with E-state index in [-0.39, 0.29) is 19.1 Å². The van der Waals surface area contributed by atoms with Crippen LogP contribution in [0, 0.1) is 0 Å². The van der Waals surface area contributed by atoms with Crippen molar-refractivity contribution in [3.8, 4) is 17.1 Å². The number of benzene rings is 2. The van der Waals surface area contributed by atoms with Crippen molar-refractivity contribution in [2.75, 3.05) is 13.7 Å². The second-order valence-electron chi connectivity index (χ2n) is 5.49. The van der Waals surface area contributed by atoms with E-state index in [1.165, 1.54) is 4.90 Å². The molecule has 0 spiro atoms. The van der Waals surface area contributed by atoms with E-state index in [1.54, 1.807) is 25.2 Å². The molecule has 0 bridgehead atoms. The van der Waals surface area contributed by atoms with Gasteiger partial charge in [-0.1, -0.05) is 58.7 Å². The number of halogens is 2. The summed E-state index contributed by atoms with van der Waals surface area (Å²) in [5, 5.41) is 4.77. The fourth-order valence-corrected chi connectivity index (χ4v) is 2.62. The van der Waals surface area contributed by atoms with Crippen molar-refractivity contribution in [2.24, 2.45) is 0 Å². The van der Waals surface area contributed by atoms with Crippen LogP contribution in [-0.2, 0) is 11.3 Å². The summed E-state index contributed by atoms with van der Waals surface area (Å²) in [6.45, 7) is 0.00785. The summed E-state index contributed by atoms with van der Waals surface area (Å²) < 4.78 is 10.6. The molecular weight excluding hydrogens is 377 g/mol. The van der Waals surface area contributed by atoms with Crippen molar-refractivity contribution < 1.29 is 14.1 Å². The van der Waals surface area contributed by atoms with E-state index in [4.69, 9.17) is 32.5 Å². The maximum absolute atomic E-state index is 12.2. The predicted octanol–water partition coefficient (Wildman–Crippen LogP) is 4.08. The normalized spacial score (nSPS) is 10.6. The number of carbonyl (C=O) groups is 1. The predicted molar refractivity (Wildman–Crippen MR) is 98.2 cm³/mol. The lowest BCUT2D eigenvalue weighted by atomic mass is 10.2. The van der Waals surface area contributed by atoms with E-state index in [2.05, 4.69) is 10.1 Å². The van der Waals surface area contributed by atoms with Crippen LogP contribution in [0.4, 0.5) is 0 Å². The number of ether oxygens (including phenoxy) is 1. The summed E-state index contributed by atoms with van der Waals surface area (Å²) in [5.41, 5.74) is 0.845. The molecule has 0 atom stereocenters. The number of hydrogen-bond donors (Lipinski definition) is 0. The van der Waals surface area contributed by atoms with Gasteiger partial charge in [-0.3, -0.25) is 4.79 Å². The van der Waals surface area contributed by atoms with Crippen molar-refractivity contribution in [2.45, 2.75) is 6.54 Å². The molecule has 1 amide bonds. The number of hydrogen-bond acceptors (Lipinski definition) is 5. The molecule has 2 aromatic carbocycles. The number of carbonyl (C=O) groups excluding carboxylic acids is 1. The Balaban J connectivity index is 1.57. The van der Waals surface area contributed by atoms with Gasteiger partial charge in [0.25, 0.3) is 5.91 Å². The Morgan fingerprint density at radius 3 is 2.69 bits per heavy atom. The largest absolute Gasteiger partial charge is 0.482 e. The first-order valence-electron chi connectivity index (χ1n) is 7.73. The number of rotatable bonds is 6. The van der Waals surface area contributed by atoms with Crippen LogP contribution in [0.2, 0.25) is 10.0 Å². The third kappa shape index (κ3) is 4.53. The molecular formula is C18H15Cl2N3O3. The van der Waals surface area contributed by atoms with Gasteiger partial charge in [-0.2, -0.15) is 4.98 Å². The van der Waals surface area contributed by atoms with Gasteiger partial charge in [-0.05, 0) is 18.2 Å². The Morgan fingerprint density at radius 1 is 1.19 bits per heavy atom. The zero-order valence-corrected chi connectivity index (χ0v) is 15.4. The maximum Gasteiger partial charge on any atom is 0.260 e. The average molecular weight is 392 g/mol. The van der Waals surface area contributed by atoms with E-state index in [9.17, 15) is 4.79 Å². The molecule has 0 saturated heterocycles. The molecule has 6 nitrogen and oxygen atoms in total. The topological polar surface area (TPSA) is 68.5 Å². The first-order chi connectivity index (χ1) is 12.5. The molecule has 1 heterocycles. The molecule has 134 valence electrons. The van der Waals surface area contributed by atoms with Gasteiger partial charge >= 0.3 is 0 Å². The molecule has 0 aliphatic heterocycles. The summed E-state index contributed by atoms with van der Waals surface area (Å²) in [6.07, 6.45) is 0. The number of likely N-dealkylation sites (N-methyl/N-ethyl adjacent to an activating group) is 1. The molecule has 0 radical (unpaired) electrons. The van der Waals surface area contributed by atoms with Crippen LogP contribution in [0.3, 0.4) is 0 Å². The van der Waals surface area contributed by atoms with Crippen molar-refractivity contribution in [1.82, 2.24) is 15.0 Å². The molecule has 0 fully saturated rings. The minimum absolute atomic E-state index is 0.169. The van der Waals surface area contributed by atoms with Gasteiger partial charge in [0.1, 0.15) is 5.75 Å². The van der Waals surface area contributed by atoms with Crippen LogP contribution < -0.4 is 4.74 Å². The molecule has 0 N–H and O–H groups in total. The monoisotopic (exact) mass is 391 g/mol. The van der Waals surface area contributed by atoms with Crippen molar-refractivity contribution >= 4 is 29.1 Å². The van der Waals surface area contributed by atoms with Crippen molar-refractivity contribution in [1.29, 1.82) is 0 Å². The summed E-state index contributed by atoms with van der Waals surface area (Å²) in [5.74, 6) is 0.951. The first-order valence-corrected chi connectivity index (χ1v) is 8.48. The minimum atomic E-state index is -0.254. The van der Waals surface area contributed by atoms with Crippen LogP contribution in [0.15, 0.2) is 53.1 Å². The third-order valence-corrected chi connectivity index (χ3v) is 4.07.